The van der Waals surface area contributed by atoms with Gasteiger partial charge in [0.2, 0.25) is 5.89 Å². The van der Waals surface area contributed by atoms with Gasteiger partial charge in [-0.1, -0.05) is 6.07 Å². The third-order valence-corrected chi connectivity index (χ3v) is 3.10. The van der Waals surface area contributed by atoms with E-state index in [2.05, 4.69) is 9.88 Å². The van der Waals surface area contributed by atoms with Crippen LogP contribution >= 0.6 is 0 Å². The molecule has 0 N–H and O–H groups in total. The molecule has 0 saturated heterocycles. The summed E-state index contributed by atoms with van der Waals surface area (Å²) in [6, 6.07) is 5.03. The van der Waals surface area contributed by atoms with E-state index >= 15 is 0 Å². The molecule has 1 aliphatic rings. The van der Waals surface area contributed by atoms with Gasteiger partial charge in [0.05, 0.1) is 12.7 Å². The summed E-state index contributed by atoms with van der Waals surface area (Å²) in [6.07, 6.45) is 4.12. The molecule has 0 unspecified atom stereocenters. The Morgan fingerprint density at radius 1 is 1.35 bits per heavy atom. The maximum Gasteiger partial charge on any atom is 0.208 e. The first-order valence-corrected chi connectivity index (χ1v) is 5.69. The molecular formula is C13H13FN2O. The monoisotopic (exact) mass is 232 g/mol. The molecule has 88 valence electrons. The zero-order valence-corrected chi connectivity index (χ0v) is 9.40. The Balaban J connectivity index is 1.74. The molecule has 3 nitrogen and oxygen atoms in total. The third-order valence-electron chi connectivity index (χ3n) is 3.10. The lowest BCUT2D eigenvalue weighted by atomic mass is 10.00. The number of halogens is 1. The second kappa shape index (κ2) is 4.30. The van der Waals surface area contributed by atoms with Gasteiger partial charge in [-0.05, 0) is 29.7 Å². The van der Waals surface area contributed by atoms with Gasteiger partial charge in [0, 0.05) is 13.1 Å². The number of hydrogen-bond donors (Lipinski definition) is 0. The van der Waals surface area contributed by atoms with E-state index in [-0.39, 0.29) is 5.82 Å². The lowest BCUT2D eigenvalue weighted by Crippen LogP contribution is -2.30. The number of fused-ring (bicyclic) bond motifs is 1. The summed E-state index contributed by atoms with van der Waals surface area (Å²) in [4.78, 5) is 6.37. The lowest BCUT2D eigenvalue weighted by molar-refractivity contribution is 0.221. The van der Waals surface area contributed by atoms with E-state index in [1.54, 1.807) is 18.5 Å². The average molecular weight is 232 g/mol. The summed E-state index contributed by atoms with van der Waals surface area (Å²) >= 11 is 0. The van der Waals surface area contributed by atoms with Crippen LogP contribution in [0.25, 0.3) is 0 Å². The van der Waals surface area contributed by atoms with E-state index in [1.807, 2.05) is 6.07 Å². The predicted octanol–water partition coefficient (Wildman–Crippen LogP) is 2.37. The van der Waals surface area contributed by atoms with Crippen molar-refractivity contribution in [2.24, 2.45) is 0 Å². The van der Waals surface area contributed by atoms with Crippen molar-refractivity contribution in [2.75, 3.05) is 6.54 Å². The standard InChI is InChI=1S/C13H13FN2O/c14-12-2-1-11-8-16(5-3-10(11)7-12)9-13-15-4-6-17-13/h1-2,4,6-7H,3,5,8-9H2. The van der Waals surface area contributed by atoms with E-state index in [1.165, 1.54) is 11.6 Å². The van der Waals surface area contributed by atoms with Crippen LogP contribution in [0.1, 0.15) is 17.0 Å². The Morgan fingerprint density at radius 3 is 3.12 bits per heavy atom. The van der Waals surface area contributed by atoms with Crippen LogP contribution in [-0.2, 0) is 19.5 Å². The summed E-state index contributed by atoms with van der Waals surface area (Å²) < 4.78 is 18.3. The smallest absolute Gasteiger partial charge is 0.208 e. The molecule has 4 heteroatoms. The lowest BCUT2D eigenvalue weighted by Gasteiger charge is -2.27. The van der Waals surface area contributed by atoms with Gasteiger partial charge in [0.15, 0.2) is 0 Å². The van der Waals surface area contributed by atoms with Gasteiger partial charge in [-0.2, -0.15) is 0 Å². The Labute approximate surface area is 98.9 Å². The Morgan fingerprint density at radius 2 is 2.29 bits per heavy atom. The van der Waals surface area contributed by atoms with E-state index in [4.69, 9.17) is 4.42 Å². The van der Waals surface area contributed by atoms with Gasteiger partial charge in [0.25, 0.3) is 0 Å². The van der Waals surface area contributed by atoms with E-state index < -0.39 is 0 Å². The van der Waals surface area contributed by atoms with Crippen molar-refractivity contribution in [2.45, 2.75) is 19.5 Å². The topological polar surface area (TPSA) is 29.3 Å². The van der Waals surface area contributed by atoms with Crippen molar-refractivity contribution in [1.29, 1.82) is 0 Å². The highest BCUT2D eigenvalue weighted by atomic mass is 19.1. The molecule has 0 radical (unpaired) electrons. The van der Waals surface area contributed by atoms with Gasteiger partial charge in [-0.3, -0.25) is 4.90 Å². The van der Waals surface area contributed by atoms with Gasteiger partial charge >= 0.3 is 0 Å². The molecule has 0 spiro atoms. The fourth-order valence-electron chi connectivity index (χ4n) is 2.24. The van der Waals surface area contributed by atoms with Gasteiger partial charge in [-0.15, -0.1) is 0 Å². The quantitative estimate of drug-likeness (QED) is 0.796. The van der Waals surface area contributed by atoms with Crippen molar-refractivity contribution in [1.82, 2.24) is 9.88 Å². The average Bonchev–Trinajstić information content (AvgIpc) is 2.82. The Kier molecular flexibility index (Phi) is 2.65. The molecule has 3 rings (SSSR count). The molecule has 1 aromatic carbocycles. The summed E-state index contributed by atoms with van der Waals surface area (Å²) in [5, 5.41) is 0. The first kappa shape index (κ1) is 10.5. The minimum absolute atomic E-state index is 0.148. The zero-order chi connectivity index (χ0) is 11.7. The fourth-order valence-corrected chi connectivity index (χ4v) is 2.24. The van der Waals surface area contributed by atoms with Crippen LogP contribution in [0.2, 0.25) is 0 Å². The van der Waals surface area contributed by atoms with Crippen LogP contribution in [-0.4, -0.2) is 16.4 Å². The number of hydrogen-bond acceptors (Lipinski definition) is 3. The van der Waals surface area contributed by atoms with Crippen LogP contribution < -0.4 is 0 Å². The van der Waals surface area contributed by atoms with Crippen LogP contribution in [0.15, 0.2) is 35.1 Å². The molecule has 0 saturated carbocycles. The largest absolute Gasteiger partial charge is 0.448 e. The maximum atomic E-state index is 13.1. The summed E-state index contributed by atoms with van der Waals surface area (Å²) in [5.74, 6) is 0.584. The minimum Gasteiger partial charge on any atom is -0.448 e. The van der Waals surface area contributed by atoms with Gasteiger partial charge in [-0.25, -0.2) is 9.37 Å². The second-order valence-electron chi connectivity index (χ2n) is 4.30. The highest BCUT2D eigenvalue weighted by Crippen LogP contribution is 2.20. The van der Waals surface area contributed by atoms with Gasteiger partial charge in [0.1, 0.15) is 12.1 Å². The van der Waals surface area contributed by atoms with Crippen molar-refractivity contribution in [3.8, 4) is 0 Å². The summed E-state index contributed by atoms with van der Waals surface area (Å²) in [5.41, 5.74) is 2.32. The third kappa shape index (κ3) is 2.22. The van der Waals surface area contributed by atoms with Crippen LogP contribution in [0, 0.1) is 5.82 Å². The molecule has 0 fully saturated rings. The fraction of sp³-hybridized carbons (Fsp3) is 0.308. The highest BCUT2D eigenvalue weighted by Gasteiger charge is 2.17. The van der Waals surface area contributed by atoms with Crippen LogP contribution in [0.3, 0.4) is 0 Å². The maximum absolute atomic E-state index is 13.1. The Bertz CT molecular complexity index is 510. The number of aromatic nitrogens is 1. The van der Waals surface area contributed by atoms with Gasteiger partial charge < -0.3 is 4.42 Å². The first-order chi connectivity index (χ1) is 8.31. The molecule has 2 aromatic rings. The number of rotatable bonds is 2. The molecule has 0 aliphatic carbocycles. The van der Waals surface area contributed by atoms with E-state index in [0.29, 0.717) is 6.54 Å². The highest BCUT2D eigenvalue weighted by molar-refractivity contribution is 5.29. The van der Waals surface area contributed by atoms with Crippen molar-refractivity contribution in [3.63, 3.8) is 0 Å². The molecule has 1 aliphatic heterocycles. The summed E-state index contributed by atoms with van der Waals surface area (Å²) in [7, 11) is 0. The van der Waals surface area contributed by atoms with Crippen LogP contribution in [0.4, 0.5) is 4.39 Å². The molecular weight excluding hydrogens is 219 g/mol. The summed E-state index contributed by atoms with van der Waals surface area (Å²) in [6.45, 7) is 2.46. The number of benzene rings is 1. The normalized spacial score (nSPS) is 15.8. The van der Waals surface area contributed by atoms with Crippen molar-refractivity contribution < 1.29 is 8.81 Å². The number of oxazole rings is 1. The molecule has 0 atom stereocenters. The molecule has 1 aromatic heterocycles. The van der Waals surface area contributed by atoms with Crippen LogP contribution in [0.5, 0.6) is 0 Å². The molecule has 17 heavy (non-hydrogen) atoms. The van der Waals surface area contributed by atoms with Crippen molar-refractivity contribution in [3.05, 3.63) is 53.5 Å². The van der Waals surface area contributed by atoms with E-state index in [0.717, 1.165) is 31.0 Å². The van der Waals surface area contributed by atoms with Crippen molar-refractivity contribution >= 4 is 0 Å². The first-order valence-electron chi connectivity index (χ1n) is 5.69. The predicted molar refractivity (Wildman–Crippen MR) is 60.7 cm³/mol. The minimum atomic E-state index is -0.148. The number of nitrogens with zero attached hydrogens (tertiary/aromatic N) is 2. The second-order valence-corrected chi connectivity index (χ2v) is 4.30. The zero-order valence-electron chi connectivity index (χ0n) is 9.40. The molecule has 0 amide bonds. The molecule has 0 bridgehead atoms. The SMILES string of the molecule is Fc1ccc2c(c1)CCN(Cc1ncco1)C2. The Hall–Kier alpha value is -1.68. The molecule has 2 heterocycles. The van der Waals surface area contributed by atoms with E-state index in [9.17, 15) is 4.39 Å².